The van der Waals surface area contributed by atoms with Crippen molar-refractivity contribution in [2.75, 3.05) is 0 Å². The summed E-state index contributed by atoms with van der Waals surface area (Å²) in [6.45, 7) is 0. The van der Waals surface area contributed by atoms with Gasteiger partial charge in [-0.05, 0) is 18.4 Å². The van der Waals surface area contributed by atoms with E-state index in [4.69, 9.17) is 28.9 Å². The molecule has 76 valence electrons. The number of hydrogen-bond donors (Lipinski definition) is 1. The predicted molar refractivity (Wildman–Crippen MR) is 58.5 cm³/mol. The molecule has 0 bridgehead atoms. The molecule has 2 nitrogen and oxygen atoms in total. The zero-order valence-corrected chi connectivity index (χ0v) is 9.22. The average Bonchev–Trinajstić information content (AvgIpc) is 2.87. The lowest BCUT2D eigenvalue weighted by atomic mass is 10.0. The second-order valence-corrected chi connectivity index (χ2v) is 4.54. The molecule has 1 aromatic heterocycles. The quantitative estimate of drug-likeness (QED) is 0.811. The summed E-state index contributed by atoms with van der Waals surface area (Å²) >= 11 is 11.7. The molecule has 0 amide bonds. The number of hydrogen-bond acceptors (Lipinski definition) is 2. The SMILES string of the molecule is N[C@H](CC1CC1)c1ccc(Cl)nc1Cl. The van der Waals surface area contributed by atoms with Crippen LogP contribution in [0.15, 0.2) is 12.1 Å². The molecule has 1 heterocycles. The molecule has 0 spiro atoms. The van der Waals surface area contributed by atoms with Crippen LogP contribution in [-0.2, 0) is 0 Å². The van der Waals surface area contributed by atoms with Crippen LogP contribution in [0.25, 0.3) is 0 Å². The van der Waals surface area contributed by atoms with Crippen LogP contribution in [0.2, 0.25) is 10.3 Å². The number of halogens is 2. The monoisotopic (exact) mass is 230 g/mol. The van der Waals surface area contributed by atoms with Gasteiger partial charge in [-0.25, -0.2) is 4.98 Å². The number of nitrogens with zero attached hydrogens (tertiary/aromatic N) is 1. The molecule has 0 unspecified atom stereocenters. The smallest absolute Gasteiger partial charge is 0.135 e. The summed E-state index contributed by atoms with van der Waals surface area (Å²) in [6.07, 6.45) is 3.60. The second kappa shape index (κ2) is 4.05. The molecule has 2 N–H and O–H groups in total. The van der Waals surface area contributed by atoms with Gasteiger partial charge in [0.2, 0.25) is 0 Å². The molecule has 14 heavy (non-hydrogen) atoms. The van der Waals surface area contributed by atoms with Crippen molar-refractivity contribution in [2.24, 2.45) is 11.7 Å². The minimum absolute atomic E-state index is 0.000216. The van der Waals surface area contributed by atoms with Crippen molar-refractivity contribution >= 4 is 23.2 Å². The summed E-state index contributed by atoms with van der Waals surface area (Å²) in [4.78, 5) is 3.97. The van der Waals surface area contributed by atoms with Crippen molar-refractivity contribution in [3.8, 4) is 0 Å². The van der Waals surface area contributed by atoms with Crippen LogP contribution in [0.3, 0.4) is 0 Å². The molecule has 1 aliphatic rings. The van der Waals surface area contributed by atoms with Gasteiger partial charge in [0.1, 0.15) is 10.3 Å². The Hall–Kier alpha value is -0.310. The summed E-state index contributed by atoms with van der Waals surface area (Å²) < 4.78 is 0. The Bertz CT molecular complexity index is 337. The van der Waals surface area contributed by atoms with E-state index in [1.54, 1.807) is 6.07 Å². The van der Waals surface area contributed by atoms with Gasteiger partial charge in [-0.15, -0.1) is 0 Å². The van der Waals surface area contributed by atoms with Crippen LogP contribution >= 0.6 is 23.2 Å². The minimum Gasteiger partial charge on any atom is -0.324 e. The van der Waals surface area contributed by atoms with E-state index in [1.807, 2.05) is 6.07 Å². The van der Waals surface area contributed by atoms with Crippen LogP contribution in [-0.4, -0.2) is 4.98 Å². The van der Waals surface area contributed by atoms with Gasteiger partial charge in [-0.3, -0.25) is 0 Å². The van der Waals surface area contributed by atoms with Gasteiger partial charge in [0, 0.05) is 11.6 Å². The lowest BCUT2D eigenvalue weighted by molar-refractivity contribution is 0.595. The third kappa shape index (κ3) is 2.38. The van der Waals surface area contributed by atoms with Gasteiger partial charge in [0.25, 0.3) is 0 Å². The van der Waals surface area contributed by atoms with Crippen molar-refractivity contribution in [1.29, 1.82) is 0 Å². The summed E-state index contributed by atoms with van der Waals surface area (Å²) in [5.41, 5.74) is 6.92. The van der Waals surface area contributed by atoms with Gasteiger partial charge < -0.3 is 5.73 Å². The standard InChI is InChI=1S/C10H12Cl2N2/c11-9-4-3-7(10(12)14-9)8(13)5-6-1-2-6/h3-4,6,8H,1-2,5,13H2/t8-/m1/s1. The van der Waals surface area contributed by atoms with E-state index in [0.29, 0.717) is 10.3 Å². The first kappa shape index (κ1) is 10.2. The minimum atomic E-state index is -0.000216. The van der Waals surface area contributed by atoms with Gasteiger partial charge in [0.05, 0.1) is 0 Å². The van der Waals surface area contributed by atoms with Crippen LogP contribution in [0.5, 0.6) is 0 Å². The highest BCUT2D eigenvalue weighted by Crippen LogP contribution is 2.37. The zero-order chi connectivity index (χ0) is 10.1. The van der Waals surface area contributed by atoms with E-state index in [1.165, 1.54) is 12.8 Å². The Kier molecular flexibility index (Phi) is 2.96. The van der Waals surface area contributed by atoms with Crippen LogP contribution < -0.4 is 5.73 Å². The molecular weight excluding hydrogens is 219 g/mol. The number of nitrogens with two attached hydrogens (primary N) is 1. The van der Waals surface area contributed by atoms with Crippen molar-refractivity contribution in [1.82, 2.24) is 4.98 Å². The Morgan fingerprint density at radius 2 is 2.14 bits per heavy atom. The number of rotatable bonds is 3. The van der Waals surface area contributed by atoms with Gasteiger partial charge in [-0.2, -0.15) is 0 Å². The van der Waals surface area contributed by atoms with Crippen molar-refractivity contribution in [2.45, 2.75) is 25.3 Å². The first-order chi connectivity index (χ1) is 6.66. The molecule has 4 heteroatoms. The first-order valence-corrected chi connectivity index (χ1v) is 5.50. The number of pyridine rings is 1. The fourth-order valence-corrected chi connectivity index (χ4v) is 2.02. The number of aromatic nitrogens is 1. The molecular formula is C10H12Cl2N2. The molecule has 1 aromatic rings. The maximum absolute atomic E-state index is 6.02. The molecule has 1 fully saturated rings. The maximum atomic E-state index is 6.02. The average molecular weight is 231 g/mol. The van der Waals surface area contributed by atoms with E-state index in [9.17, 15) is 0 Å². The molecule has 0 radical (unpaired) electrons. The van der Waals surface area contributed by atoms with E-state index in [2.05, 4.69) is 4.98 Å². The highest BCUT2D eigenvalue weighted by atomic mass is 35.5. The molecule has 0 aliphatic heterocycles. The van der Waals surface area contributed by atoms with Crippen molar-refractivity contribution in [3.63, 3.8) is 0 Å². The maximum Gasteiger partial charge on any atom is 0.135 e. The van der Waals surface area contributed by atoms with E-state index >= 15 is 0 Å². The topological polar surface area (TPSA) is 38.9 Å². The largest absolute Gasteiger partial charge is 0.324 e. The summed E-state index contributed by atoms with van der Waals surface area (Å²) in [5.74, 6) is 0.789. The molecule has 0 aromatic carbocycles. The van der Waals surface area contributed by atoms with Crippen LogP contribution in [0.4, 0.5) is 0 Å². The lowest BCUT2D eigenvalue weighted by Gasteiger charge is -2.12. The Morgan fingerprint density at radius 1 is 1.43 bits per heavy atom. The highest BCUT2D eigenvalue weighted by Gasteiger charge is 2.25. The molecule has 2 rings (SSSR count). The Morgan fingerprint density at radius 3 is 2.71 bits per heavy atom. The predicted octanol–water partition coefficient (Wildman–Crippen LogP) is 3.19. The van der Waals surface area contributed by atoms with Gasteiger partial charge in [-0.1, -0.05) is 42.1 Å². The van der Waals surface area contributed by atoms with Gasteiger partial charge in [0.15, 0.2) is 0 Å². The fourth-order valence-electron chi connectivity index (χ4n) is 1.54. The summed E-state index contributed by atoms with van der Waals surface area (Å²) in [5, 5.41) is 0.850. The highest BCUT2D eigenvalue weighted by molar-refractivity contribution is 6.32. The Labute approximate surface area is 93.4 Å². The first-order valence-electron chi connectivity index (χ1n) is 4.74. The van der Waals surface area contributed by atoms with Crippen molar-refractivity contribution < 1.29 is 0 Å². The van der Waals surface area contributed by atoms with Crippen molar-refractivity contribution in [3.05, 3.63) is 28.0 Å². The van der Waals surface area contributed by atoms with Crippen LogP contribution in [0, 0.1) is 5.92 Å². The third-order valence-corrected chi connectivity index (χ3v) is 3.04. The van der Waals surface area contributed by atoms with E-state index in [-0.39, 0.29) is 6.04 Å². The van der Waals surface area contributed by atoms with Gasteiger partial charge >= 0.3 is 0 Å². The Balaban J connectivity index is 2.13. The van der Waals surface area contributed by atoms with Crippen LogP contribution in [0.1, 0.15) is 30.9 Å². The molecule has 1 aliphatic carbocycles. The molecule has 1 saturated carbocycles. The fraction of sp³-hybridized carbons (Fsp3) is 0.500. The molecule has 1 atom stereocenters. The van der Waals surface area contributed by atoms with E-state index < -0.39 is 0 Å². The molecule has 0 saturated heterocycles. The second-order valence-electron chi connectivity index (χ2n) is 3.80. The summed E-state index contributed by atoms with van der Waals surface area (Å²) in [7, 11) is 0. The zero-order valence-electron chi connectivity index (χ0n) is 7.71. The normalized spacial score (nSPS) is 18.2. The lowest BCUT2D eigenvalue weighted by Crippen LogP contribution is -2.12. The van der Waals surface area contributed by atoms with E-state index in [0.717, 1.165) is 17.9 Å². The summed E-state index contributed by atoms with van der Waals surface area (Å²) in [6, 6.07) is 3.60. The third-order valence-electron chi connectivity index (χ3n) is 2.53.